The Morgan fingerprint density at radius 3 is 2.67 bits per heavy atom. The molecule has 0 spiro atoms. The lowest BCUT2D eigenvalue weighted by Gasteiger charge is -2.26. The van der Waals surface area contributed by atoms with Crippen molar-refractivity contribution in [2.75, 3.05) is 6.61 Å². The summed E-state index contributed by atoms with van der Waals surface area (Å²) >= 11 is 2.06. The zero-order valence-corrected chi connectivity index (χ0v) is 11.1. The monoisotopic (exact) mass is 231 g/mol. The van der Waals surface area contributed by atoms with E-state index in [1.807, 2.05) is 0 Å². The van der Waals surface area contributed by atoms with Crippen molar-refractivity contribution in [1.29, 1.82) is 0 Å². The van der Waals surface area contributed by atoms with E-state index in [0.29, 0.717) is 22.6 Å². The average Bonchev–Trinajstić information content (AvgIpc) is 2.61. The van der Waals surface area contributed by atoms with Gasteiger partial charge in [0, 0.05) is 23.1 Å². The van der Waals surface area contributed by atoms with Crippen molar-refractivity contribution in [2.24, 2.45) is 5.73 Å². The first-order chi connectivity index (χ1) is 7.19. The van der Waals surface area contributed by atoms with Crippen LogP contribution in [0.1, 0.15) is 46.5 Å². The van der Waals surface area contributed by atoms with Crippen molar-refractivity contribution in [1.82, 2.24) is 0 Å². The van der Waals surface area contributed by atoms with Gasteiger partial charge in [-0.2, -0.15) is 11.8 Å². The molecule has 0 aromatic carbocycles. The number of hydrogen-bond acceptors (Lipinski definition) is 3. The Hall–Kier alpha value is 0.270. The van der Waals surface area contributed by atoms with Crippen molar-refractivity contribution in [3.05, 3.63) is 0 Å². The van der Waals surface area contributed by atoms with Gasteiger partial charge in [0.2, 0.25) is 0 Å². The van der Waals surface area contributed by atoms with Crippen molar-refractivity contribution in [2.45, 2.75) is 69.1 Å². The third-order valence-corrected chi connectivity index (χ3v) is 5.16. The summed E-state index contributed by atoms with van der Waals surface area (Å²) in [5, 5.41) is 1.27. The molecular formula is C12H25NOS. The molecule has 1 rings (SSSR count). The maximum Gasteiger partial charge on any atom is 0.0666 e. The van der Waals surface area contributed by atoms with Gasteiger partial charge in [0.25, 0.3) is 0 Å². The highest BCUT2D eigenvalue weighted by atomic mass is 32.2. The minimum Gasteiger partial charge on any atom is -0.377 e. The number of nitrogens with two attached hydrogens (primary N) is 1. The molecule has 4 atom stereocenters. The summed E-state index contributed by atoms with van der Waals surface area (Å²) < 4.78 is 5.59. The maximum absolute atomic E-state index is 6.20. The second-order valence-electron chi connectivity index (χ2n) is 4.44. The van der Waals surface area contributed by atoms with E-state index < -0.39 is 0 Å². The summed E-state index contributed by atoms with van der Waals surface area (Å²) in [6.07, 6.45) is 5.12. The predicted octanol–water partition coefficient (Wildman–Crippen LogP) is 2.80. The van der Waals surface area contributed by atoms with Crippen LogP contribution in [-0.4, -0.2) is 29.3 Å². The zero-order chi connectivity index (χ0) is 11.3. The SMILES string of the molecule is CCCC(N)C(CC)SC1CCOC1C. The van der Waals surface area contributed by atoms with E-state index >= 15 is 0 Å². The lowest BCUT2D eigenvalue weighted by Crippen LogP contribution is -2.34. The maximum atomic E-state index is 6.20. The van der Waals surface area contributed by atoms with Gasteiger partial charge in [0.1, 0.15) is 0 Å². The molecule has 1 aliphatic heterocycles. The molecule has 0 saturated carbocycles. The van der Waals surface area contributed by atoms with E-state index in [9.17, 15) is 0 Å². The lowest BCUT2D eigenvalue weighted by atomic mass is 10.1. The van der Waals surface area contributed by atoms with Gasteiger partial charge in [-0.1, -0.05) is 20.3 Å². The van der Waals surface area contributed by atoms with Crippen molar-refractivity contribution < 1.29 is 4.74 Å². The molecule has 0 aliphatic carbocycles. The first kappa shape index (κ1) is 13.3. The van der Waals surface area contributed by atoms with Crippen LogP contribution in [0.5, 0.6) is 0 Å². The minimum absolute atomic E-state index is 0.359. The Balaban J connectivity index is 2.38. The van der Waals surface area contributed by atoms with Gasteiger partial charge in [-0.3, -0.25) is 0 Å². The number of hydrogen-bond donors (Lipinski definition) is 1. The molecule has 0 aromatic heterocycles. The summed E-state index contributed by atoms with van der Waals surface area (Å²) in [7, 11) is 0. The Kier molecular flexibility index (Phi) is 6.02. The van der Waals surface area contributed by atoms with E-state index in [-0.39, 0.29) is 0 Å². The van der Waals surface area contributed by atoms with Crippen LogP contribution in [0.15, 0.2) is 0 Å². The highest BCUT2D eigenvalue weighted by molar-refractivity contribution is 8.00. The fourth-order valence-electron chi connectivity index (χ4n) is 2.13. The molecule has 0 radical (unpaired) electrons. The Morgan fingerprint density at radius 2 is 2.20 bits per heavy atom. The Bertz CT molecular complexity index is 177. The van der Waals surface area contributed by atoms with E-state index in [1.165, 1.54) is 19.3 Å². The summed E-state index contributed by atoms with van der Waals surface area (Å²) in [4.78, 5) is 0. The topological polar surface area (TPSA) is 35.2 Å². The molecule has 0 amide bonds. The molecule has 15 heavy (non-hydrogen) atoms. The molecule has 1 saturated heterocycles. The van der Waals surface area contributed by atoms with E-state index in [1.54, 1.807) is 0 Å². The van der Waals surface area contributed by atoms with Gasteiger partial charge < -0.3 is 10.5 Å². The highest BCUT2D eigenvalue weighted by Crippen LogP contribution is 2.32. The number of thioether (sulfide) groups is 1. The van der Waals surface area contributed by atoms with Gasteiger partial charge in [0.05, 0.1) is 6.10 Å². The normalized spacial score (nSPS) is 30.4. The molecule has 4 unspecified atom stereocenters. The predicted molar refractivity (Wildman–Crippen MR) is 68.4 cm³/mol. The average molecular weight is 231 g/mol. The summed E-state index contributed by atoms with van der Waals surface area (Å²) in [6.45, 7) is 7.56. The molecule has 2 N–H and O–H groups in total. The fraction of sp³-hybridized carbons (Fsp3) is 1.00. The first-order valence-electron chi connectivity index (χ1n) is 6.21. The third kappa shape index (κ3) is 3.97. The van der Waals surface area contributed by atoms with Crippen LogP contribution in [-0.2, 0) is 4.74 Å². The van der Waals surface area contributed by atoms with Gasteiger partial charge in [-0.15, -0.1) is 0 Å². The first-order valence-corrected chi connectivity index (χ1v) is 7.15. The summed E-state index contributed by atoms with van der Waals surface area (Å²) in [5.41, 5.74) is 6.20. The van der Waals surface area contributed by atoms with E-state index in [4.69, 9.17) is 10.5 Å². The Morgan fingerprint density at radius 1 is 1.47 bits per heavy atom. The van der Waals surface area contributed by atoms with Gasteiger partial charge in [-0.25, -0.2) is 0 Å². The van der Waals surface area contributed by atoms with Crippen LogP contribution >= 0.6 is 11.8 Å². The molecule has 0 bridgehead atoms. The quantitative estimate of drug-likeness (QED) is 0.763. The minimum atomic E-state index is 0.359. The summed E-state index contributed by atoms with van der Waals surface area (Å²) in [6, 6.07) is 0.359. The molecule has 1 fully saturated rings. The fourth-order valence-corrected chi connectivity index (χ4v) is 3.65. The molecule has 90 valence electrons. The van der Waals surface area contributed by atoms with Crippen molar-refractivity contribution in [3.63, 3.8) is 0 Å². The molecule has 3 heteroatoms. The smallest absolute Gasteiger partial charge is 0.0666 e. The van der Waals surface area contributed by atoms with Crippen LogP contribution in [0.2, 0.25) is 0 Å². The summed E-state index contributed by atoms with van der Waals surface area (Å²) in [5.74, 6) is 0. The van der Waals surface area contributed by atoms with Crippen LogP contribution in [0.25, 0.3) is 0 Å². The van der Waals surface area contributed by atoms with Gasteiger partial charge in [-0.05, 0) is 26.2 Å². The van der Waals surface area contributed by atoms with Crippen molar-refractivity contribution in [3.8, 4) is 0 Å². The molecule has 1 heterocycles. The van der Waals surface area contributed by atoms with Crippen LogP contribution in [0, 0.1) is 0 Å². The van der Waals surface area contributed by atoms with Crippen molar-refractivity contribution >= 4 is 11.8 Å². The zero-order valence-electron chi connectivity index (χ0n) is 10.2. The van der Waals surface area contributed by atoms with Gasteiger partial charge >= 0.3 is 0 Å². The number of rotatable bonds is 6. The highest BCUT2D eigenvalue weighted by Gasteiger charge is 2.29. The lowest BCUT2D eigenvalue weighted by molar-refractivity contribution is 0.127. The van der Waals surface area contributed by atoms with E-state index in [0.717, 1.165) is 13.0 Å². The van der Waals surface area contributed by atoms with Crippen LogP contribution in [0.4, 0.5) is 0 Å². The van der Waals surface area contributed by atoms with E-state index in [2.05, 4.69) is 32.5 Å². The largest absolute Gasteiger partial charge is 0.377 e. The van der Waals surface area contributed by atoms with Crippen LogP contribution in [0.3, 0.4) is 0 Å². The molecule has 0 aromatic rings. The van der Waals surface area contributed by atoms with Gasteiger partial charge in [0.15, 0.2) is 0 Å². The third-order valence-electron chi connectivity index (χ3n) is 3.16. The standard InChI is InChI=1S/C12H25NOS/c1-4-6-10(13)11(5-2)15-12-7-8-14-9(12)3/h9-12H,4-8,13H2,1-3H3. The second-order valence-corrected chi connectivity index (χ2v) is 5.92. The molecular weight excluding hydrogens is 206 g/mol. The number of ether oxygens (including phenoxy) is 1. The Labute approximate surface area is 98.3 Å². The van der Waals surface area contributed by atoms with Crippen LogP contribution < -0.4 is 5.73 Å². The second kappa shape index (κ2) is 6.77. The molecule has 1 aliphatic rings. The molecule has 2 nitrogen and oxygen atoms in total.